The van der Waals surface area contributed by atoms with Crippen molar-refractivity contribution in [2.75, 3.05) is 11.9 Å². The van der Waals surface area contributed by atoms with Crippen LogP contribution >= 0.6 is 12.4 Å². The van der Waals surface area contributed by atoms with Gasteiger partial charge in [0.2, 0.25) is 5.91 Å². The molecule has 1 amide bonds. The van der Waals surface area contributed by atoms with E-state index in [1.807, 2.05) is 0 Å². The molecule has 0 aromatic heterocycles. The van der Waals surface area contributed by atoms with Crippen molar-refractivity contribution in [2.45, 2.75) is 31.7 Å². The fourth-order valence-electron chi connectivity index (χ4n) is 2.07. The lowest BCUT2D eigenvalue weighted by Crippen LogP contribution is -2.23. The van der Waals surface area contributed by atoms with Gasteiger partial charge >= 0.3 is 0 Å². The Morgan fingerprint density at radius 1 is 1.39 bits per heavy atom. The maximum atomic E-state index is 12.7. The van der Waals surface area contributed by atoms with Crippen LogP contribution in [-0.4, -0.2) is 18.5 Å². The smallest absolute Gasteiger partial charge is 0.224 e. The number of carbonyl (C=O) groups is 1. The zero-order valence-corrected chi connectivity index (χ0v) is 10.9. The number of carbonyl (C=O) groups excluding carboxylic acids is 1. The van der Waals surface area contributed by atoms with Gasteiger partial charge in [0.05, 0.1) is 0 Å². The van der Waals surface area contributed by atoms with Crippen molar-refractivity contribution in [3.8, 4) is 0 Å². The van der Waals surface area contributed by atoms with Crippen molar-refractivity contribution in [3.05, 3.63) is 30.1 Å². The van der Waals surface area contributed by atoms with Gasteiger partial charge in [-0.1, -0.05) is 0 Å². The number of halogens is 2. The van der Waals surface area contributed by atoms with Crippen LogP contribution < -0.4 is 10.6 Å². The predicted octanol–water partition coefficient (Wildman–Crippen LogP) is 2.72. The van der Waals surface area contributed by atoms with E-state index in [0.717, 1.165) is 19.4 Å². The predicted molar refractivity (Wildman–Crippen MR) is 72.5 cm³/mol. The third-order valence-corrected chi connectivity index (χ3v) is 3.01. The summed E-state index contributed by atoms with van der Waals surface area (Å²) in [5, 5.41) is 6.11. The molecule has 100 valence electrons. The summed E-state index contributed by atoms with van der Waals surface area (Å²) in [6.45, 7) is 1.06. The lowest BCUT2D eigenvalue weighted by Gasteiger charge is -2.09. The number of anilines is 1. The second kappa shape index (κ2) is 7.34. The number of rotatable bonds is 4. The Balaban J connectivity index is 0.00000162. The van der Waals surface area contributed by atoms with Crippen molar-refractivity contribution < 1.29 is 9.18 Å². The Hall–Kier alpha value is -1.13. The molecule has 1 unspecified atom stereocenters. The fraction of sp³-hybridized carbons (Fsp3) is 0.462. The maximum Gasteiger partial charge on any atom is 0.224 e. The Kier molecular flexibility index (Phi) is 6.09. The van der Waals surface area contributed by atoms with Crippen LogP contribution in [0, 0.1) is 5.82 Å². The van der Waals surface area contributed by atoms with Crippen molar-refractivity contribution in [2.24, 2.45) is 0 Å². The maximum absolute atomic E-state index is 12.7. The molecular formula is C13H18ClFN2O. The molecule has 3 nitrogen and oxygen atoms in total. The monoisotopic (exact) mass is 272 g/mol. The molecule has 2 N–H and O–H groups in total. The number of amides is 1. The first-order valence-electron chi connectivity index (χ1n) is 6.03. The van der Waals surface area contributed by atoms with Crippen LogP contribution in [0.3, 0.4) is 0 Å². The Labute approximate surface area is 113 Å². The van der Waals surface area contributed by atoms with Crippen LogP contribution in [-0.2, 0) is 4.79 Å². The summed E-state index contributed by atoms with van der Waals surface area (Å²) in [4.78, 5) is 11.6. The van der Waals surface area contributed by atoms with E-state index < -0.39 is 0 Å². The van der Waals surface area contributed by atoms with Crippen LogP contribution in [0.4, 0.5) is 10.1 Å². The minimum absolute atomic E-state index is 0. The highest BCUT2D eigenvalue weighted by molar-refractivity contribution is 5.90. The molecule has 1 aromatic carbocycles. The van der Waals surface area contributed by atoms with Gasteiger partial charge < -0.3 is 10.6 Å². The highest BCUT2D eigenvalue weighted by Crippen LogP contribution is 2.12. The third kappa shape index (κ3) is 4.63. The van der Waals surface area contributed by atoms with Gasteiger partial charge in [-0.15, -0.1) is 12.4 Å². The molecule has 0 saturated carbocycles. The Morgan fingerprint density at radius 3 is 2.72 bits per heavy atom. The van der Waals surface area contributed by atoms with Gasteiger partial charge in [-0.25, -0.2) is 4.39 Å². The topological polar surface area (TPSA) is 41.1 Å². The largest absolute Gasteiger partial charge is 0.326 e. The van der Waals surface area contributed by atoms with Crippen LogP contribution in [0.25, 0.3) is 0 Å². The molecule has 18 heavy (non-hydrogen) atoms. The third-order valence-electron chi connectivity index (χ3n) is 3.01. The van der Waals surface area contributed by atoms with E-state index >= 15 is 0 Å². The van der Waals surface area contributed by atoms with E-state index in [1.165, 1.54) is 18.6 Å². The zero-order valence-electron chi connectivity index (χ0n) is 10.1. The molecule has 1 aliphatic heterocycles. The molecule has 2 rings (SSSR count). The quantitative estimate of drug-likeness (QED) is 0.885. The molecule has 0 spiro atoms. The van der Waals surface area contributed by atoms with Gasteiger partial charge in [0.25, 0.3) is 0 Å². The van der Waals surface area contributed by atoms with Gasteiger partial charge in [0.1, 0.15) is 5.82 Å². The van der Waals surface area contributed by atoms with E-state index in [9.17, 15) is 9.18 Å². The molecule has 1 fully saturated rings. The summed E-state index contributed by atoms with van der Waals surface area (Å²) in [6, 6.07) is 6.30. The van der Waals surface area contributed by atoms with E-state index in [4.69, 9.17) is 0 Å². The number of hydrogen-bond acceptors (Lipinski definition) is 2. The molecular weight excluding hydrogens is 255 g/mol. The first-order valence-corrected chi connectivity index (χ1v) is 6.03. The lowest BCUT2D eigenvalue weighted by atomic mass is 10.1. The summed E-state index contributed by atoms with van der Waals surface area (Å²) in [6.07, 6.45) is 3.73. The average Bonchev–Trinajstić information content (AvgIpc) is 2.83. The normalized spacial score (nSPS) is 18.2. The first kappa shape index (κ1) is 14.9. The minimum Gasteiger partial charge on any atom is -0.326 e. The van der Waals surface area contributed by atoms with Gasteiger partial charge in [0, 0.05) is 18.2 Å². The summed E-state index contributed by atoms with van der Waals surface area (Å²) in [7, 11) is 0. The van der Waals surface area contributed by atoms with Crippen LogP contribution in [0.5, 0.6) is 0 Å². The van der Waals surface area contributed by atoms with Crippen LogP contribution in [0.2, 0.25) is 0 Å². The van der Waals surface area contributed by atoms with Crippen molar-refractivity contribution in [1.82, 2.24) is 5.32 Å². The molecule has 0 radical (unpaired) electrons. The zero-order chi connectivity index (χ0) is 12.1. The number of nitrogens with one attached hydrogen (secondary N) is 2. The van der Waals surface area contributed by atoms with Crippen molar-refractivity contribution in [1.29, 1.82) is 0 Å². The molecule has 1 saturated heterocycles. The second-order valence-electron chi connectivity index (χ2n) is 4.39. The summed E-state index contributed by atoms with van der Waals surface area (Å²) in [5.41, 5.74) is 0.649. The second-order valence-corrected chi connectivity index (χ2v) is 4.39. The SMILES string of the molecule is Cl.O=C(CCC1CCCN1)Nc1ccc(F)cc1. The van der Waals surface area contributed by atoms with Gasteiger partial charge in [0.15, 0.2) is 0 Å². The molecule has 1 aromatic rings. The highest BCUT2D eigenvalue weighted by atomic mass is 35.5. The Bertz CT molecular complexity index is 377. The number of hydrogen-bond donors (Lipinski definition) is 2. The van der Waals surface area contributed by atoms with Gasteiger partial charge in [-0.3, -0.25) is 4.79 Å². The summed E-state index contributed by atoms with van der Waals surface area (Å²) in [5.74, 6) is -0.302. The minimum atomic E-state index is -0.293. The van der Waals surface area contributed by atoms with Gasteiger partial charge in [-0.2, -0.15) is 0 Å². The molecule has 1 aliphatic rings. The molecule has 1 atom stereocenters. The van der Waals surface area contributed by atoms with E-state index in [2.05, 4.69) is 10.6 Å². The summed E-state index contributed by atoms with van der Waals surface area (Å²) < 4.78 is 12.7. The standard InChI is InChI=1S/C13H17FN2O.ClH/c14-10-3-5-12(6-4-10)16-13(17)8-7-11-2-1-9-15-11;/h3-6,11,15H,1-2,7-9H2,(H,16,17);1H. The molecule has 1 heterocycles. The van der Waals surface area contributed by atoms with Crippen molar-refractivity contribution >= 4 is 24.0 Å². The Morgan fingerprint density at radius 2 is 2.11 bits per heavy atom. The lowest BCUT2D eigenvalue weighted by molar-refractivity contribution is -0.116. The summed E-state index contributed by atoms with van der Waals surface area (Å²) >= 11 is 0. The molecule has 0 aliphatic carbocycles. The van der Waals surface area contributed by atoms with E-state index in [-0.39, 0.29) is 24.1 Å². The highest BCUT2D eigenvalue weighted by Gasteiger charge is 2.15. The van der Waals surface area contributed by atoms with Gasteiger partial charge in [-0.05, 0) is 50.1 Å². The van der Waals surface area contributed by atoms with Crippen molar-refractivity contribution in [3.63, 3.8) is 0 Å². The first-order chi connectivity index (χ1) is 8.24. The van der Waals surface area contributed by atoms with E-state index in [1.54, 1.807) is 12.1 Å². The molecule has 5 heteroatoms. The average molecular weight is 273 g/mol. The molecule has 0 bridgehead atoms. The number of benzene rings is 1. The van der Waals surface area contributed by atoms with Crippen LogP contribution in [0.15, 0.2) is 24.3 Å². The fourth-order valence-corrected chi connectivity index (χ4v) is 2.07. The van der Waals surface area contributed by atoms with E-state index in [0.29, 0.717) is 18.2 Å². The van der Waals surface area contributed by atoms with Crippen LogP contribution in [0.1, 0.15) is 25.7 Å².